The lowest BCUT2D eigenvalue weighted by atomic mass is 9.82. The van der Waals surface area contributed by atoms with E-state index >= 15 is 0 Å². The number of amides is 2. The molecule has 3 aromatic carbocycles. The number of aliphatic hydroxyl groups excluding tert-OH is 1. The highest BCUT2D eigenvalue weighted by Crippen LogP contribution is 2.60. The van der Waals surface area contributed by atoms with Crippen molar-refractivity contribution >= 4 is 46.7 Å². The first kappa shape index (κ1) is 31.7. The van der Waals surface area contributed by atoms with Crippen molar-refractivity contribution in [3.63, 3.8) is 0 Å². The van der Waals surface area contributed by atoms with E-state index in [1.807, 2.05) is 47.4 Å². The molecule has 7 nitrogen and oxygen atoms in total. The van der Waals surface area contributed by atoms with Gasteiger partial charge in [0.25, 0.3) is 5.91 Å². The topological polar surface area (TPSA) is 79.3 Å². The number of carbonyl (C=O) groups is 2. The highest BCUT2D eigenvalue weighted by Gasteiger charge is 2.66. The third-order valence-corrected chi connectivity index (χ3v) is 15.2. The molecule has 3 aliphatic rings. The van der Waals surface area contributed by atoms with Crippen molar-refractivity contribution in [3.8, 4) is 5.75 Å². The standard InChI is InChI=1S/C36H41BrN2O5Si/c1-6-17-38-31-16-11-26(37)19-30(31)36(35(38)42)23(2)34(45(4,5)29-14-12-28(43-3)13-15-29)32(44-36)20-33(41)39-21-25-10-8-7-9-24(25)18-27(39)22-40/h6-16,19,23,27,32,34,40H,1,17-18,20-22H2,2-5H3/t23-,27+,32+,34-,36+/m1/s1. The number of carbonyl (C=O) groups excluding carboxylic acids is 2. The smallest absolute Gasteiger partial charge is 0.264 e. The zero-order valence-corrected chi connectivity index (χ0v) is 28.9. The molecule has 3 aliphatic heterocycles. The molecule has 2 amide bonds. The summed E-state index contributed by atoms with van der Waals surface area (Å²) in [4.78, 5) is 32.4. The molecule has 3 aromatic rings. The molecule has 5 atom stereocenters. The highest BCUT2D eigenvalue weighted by molar-refractivity contribution is 9.10. The number of aliphatic hydroxyl groups is 1. The van der Waals surface area contributed by atoms with Crippen LogP contribution in [0.15, 0.2) is 83.9 Å². The van der Waals surface area contributed by atoms with Gasteiger partial charge in [-0.05, 0) is 53.4 Å². The summed E-state index contributed by atoms with van der Waals surface area (Å²) in [6.45, 7) is 11.4. The van der Waals surface area contributed by atoms with Gasteiger partial charge in [0.1, 0.15) is 5.75 Å². The number of halogens is 1. The quantitative estimate of drug-likeness (QED) is 0.248. The molecule has 0 unspecified atom stereocenters. The molecule has 9 heteroatoms. The van der Waals surface area contributed by atoms with E-state index in [4.69, 9.17) is 9.47 Å². The fourth-order valence-corrected chi connectivity index (χ4v) is 12.5. The lowest BCUT2D eigenvalue weighted by molar-refractivity contribution is -0.150. The number of benzene rings is 3. The Bertz CT molecular complexity index is 1630. The van der Waals surface area contributed by atoms with Crippen LogP contribution in [0.3, 0.4) is 0 Å². The predicted octanol–water partition coefficient (Wildman–Crippen LogP) is 5.54. The number of fused-ring (bicyclic) bond motifs is 3. The van der Waals surface area contributed by atoms with Crippen LogP contribution in [-0.4, -0.2) is 62.3 Å². The predicted molar refractivity (Wildman–Crippen MR) is 182 cm³/mol. The molecular formula is C36H41BrN2O5Si. The van der Waals surface area contributed by atoms with Gasteiger partial charge in [-0.3, -0.25) is 9.59 Å². The molecule has 1 saturated heterocycles. The molecular weight excluding hydrogens is 648 g/mol. The second-order valence-corrected chi connectivity index (χ2v) is 18.7. The first-order valence-electron chi connectivity index (χ1n) is 15.6. The minimum Gasteiger partial charge on any atom is -0.497 e. The minimum absolute atomic E-state index is 0.0646. The van der Waals surface area contributed by atoms with Crippen molar-refractivity contribution in [2.24, 2.45) is 5.92 Å². The molecule has 1 spiro atoms. The van der Waals surface area contributed by atoms with Crippen LogP contribution in [0, 0.1) is 5.92 Å². The lowest BCUT2D eigenvalue weighted by Crippen LogP contribution is -2.52. The van der Waals surface area contributed by atoms with E-state index in [1.54, 1.807) is 18.1 Å². The van der Waals surface area contributed by atoms with Crippen LogP contribution in [0.2, 0.25) is 18.6 Å². The van der Waals surface area contributed by atoms with Crippen LogP contribution in [0.25, 0.3) is 0 Å². The second-order valence-electron chi connectivity index (χ2n) is 13.1. The summed E-state index contributed by atoms with van der Waals surface area (Å²) in [7, 11) is -0.752. The Balaban J connectivity index is 1.43. The molecule has 236 valence electrons. The normalized spacial score (nSPS) is 25.8. The van der Waals surface area contributed by atoms with Crippen molar-refractivity contribution in [1.29, 1.82) is 0 Å². The average molecular weight is 690 g/mol. The average Bonchev–Trinajstić information content (AvgIpc) is 3.46. The summed E-state index contributed by atoms with van der Waals surface area (Å²) >= 11 is 3.64. The molecule has 1 fully saturated rings. The maximum Gasteiger partial charge on any atom is 0.264 e. The Kier molecular flexibility index (Phi) is 8.58. The van der Waals surface area contributed by atoms with Gasteiger partial charge < -0.3 is 24.4 Å². The van der Waals surface area contributed by atoms with E-state index < -0.39 is 19.8 Å². The summed E-state index contributed by atoms with van der Waals surface area (Å²) in [5.74, 6) is 0.394. The molecule has 45 heavy (non-hydrogen) atoms. The lowest BCUT2D eigenvalue weighted by Gasteiger charge is -2.39. The molecule has 0 bridgehead atoms. The molecule has 1 N–H and O–H groups in total. The van der Waals surface area contributed by atoms with Gasteiger partial charge in [-0.15, -0.1) is 6.58 Å². The minimum atomic E-state index is -2.41. The second kappa shape index (κ2) is 12.2. The summed E-state index contributed by atoms with van der Waals surface area (Å²) in [5.41, 5.74) is 2.60. The number of rotatable bonds is 8. The SMILES string of the molecule is C=CCN1C(=O)[C@@]2(O[C@@H](CC(=O)N3Cc4ccccc4C[C@H]3CO)[C@H]([Si](C)(C)c3ccc(OC)cc3)[C@H]2C)c2cc(Br)ccc21. The monoisotopic (exact) mass is 688 g/mol. The zero-order valence-electron chi connectivity index (χ0n) is 26.3. The Morgan fingerprint density at radius 3 is 2.53 bits per heavy atom. The Morgan fingerprint density at radius 2 is 1.87 bits per heavy atom. The van der Waals surface area contributed by atoms with Gasteiger partial charge in [0.05, 0.1) is 46.0 Å². The number of nitrogens with zero attached hydrogens (tertiary/aromatic N) is 2. The van der Waals surface area contributed by atoms with Gasteiger partial charge >= 0.3 is 0 Å². The maximum atomic E-state index is 14.6. The van der Waals surface area contributed by atoms with Gasteiger partial charge in [-0.25, -0.2) is 0 Å². The number of ether oxygens (including phenoxy) is 2. The van der Waals surface area contributed by atoms with Gasteiger partial charge in [-0.1, -0.05) is 83.6 Å². The van der Waals surface area contributed by atoms with Crippen LogP contribution in [0.5, 0.6) is 5.75 Å². The summed E-state index contributed by atoms with van der Waals surface area (Å²) < 4.78 is 13.4. The zero-order chi connectivity index (χ0) is 32.1. The summed E-state index contributed by atoms with van der Waals surface area (Å²) in [6, 6.07) is 21.9. The van der Waals surface area contributed by atoms with E-state index in [0.29, 0.717) is 19.5 Å². The fraction of sp³-hybridized carbons (Fsp3) is 0.389. The number of hydrogen-bond acceptors (Lipinski definition) is 5. The Labute approximate surface area is 275 Å². The first-order valence-corrected chi connectivity index (χ1v) is 19.5. The van der Waals surface area contributed by atoms with Gasteiger partial charge in [0, 0.05) is 29.0 Å². The van der Waals surface area contributed by atoms with Crippen molar-refractivity contribution in [2.75, 3.05) is 25.2 Å². The van der Waals surface area contributed by atoms with Gasteiger partial charge in [0.15, 0.2) is 5.60 Å². The maximum absolute atomic E-state index is 14.6. The van der Waals surface area contributed by atoms with Crippen LogP contribution in [0.1, 0.15) is 30.0 Å². The summed E-state index contributed by atoms with van der Waals surface area (Å²) in [5, 5.41) is 11.5. The van der Waals surface area contributed by atoms with Crippen LogP contribution < -0.4 is 14.8 Å². The van der Waals surface area contributed by atoms with Crippen LogP contribution >= 0.6 is 15.9 Å². The van der Waals surface area contributed by atoms with Crippen molar-refractivity contribution in [2.45, 2.75) is 62.7 Å². The Hall–Kier alpha value is -3.24. The van der Waals surface area contributed by atoms with Crippen LogP contribution in [-0.2, 0) is 32.9 Å². The van der Waals surface area contributed by atoms with Gasteiger partial charge in [0.2, 0.25) is 5.91 Å². The molecule has 0 aliphatic carbocycles. The van der Waals surface area contributed by atoms with E-state index in [-0.39, 0.29) is 42.3 Å². The highest BCUT2D eigenvalue weighted by atomic mass is 79.9. The Morgan fingerprint density at radius 1 is 1.16 bits per heavy atom. The van der Waals surface area contributed by atoms with E-state index in [1.165, 1.54) is 5.19 Å². The molecule has 0 aromatic heterocycles. The molecule has 0 saturated carbocycles. The first-order chi connectivity index (χ1) is 21.6. The van der Waals surface area contributed by atoms with E-state index in [2.05, 4.69) is 66.8 Å². The van der Waals surface area contributed by atoms with Gasteiger partial charge in [-0.2, -0.15) is 0 Å². The van der Waals surface area contributed by atoms with Crippen LogP contribution in [0.4, 0.5) is 5.69 Å². The molecule has 0 radical (unpaired) electrons. The largest absolute Gasteiger partial charge is 0.497 e. The van der Waals surface area contributed by atoms with Crippen molar-refractivity contribution in [3.05, 3.63) is 101 Å². The molecule has 3 heterocycles. The van der Waals surface area contributed by atoms with E-state index in [0.717, 1.165) is 32.6 Å². The number of methoxy groups -OCH3 is 1. The van der Waals surface area contributed by atoms with Crippen molar-refractivity contribution < 1.29 is 24.2 Å². The third-order valence-electron chi connectivity index (χ3n) is 10.4. The van der Waals surface area contributed by atoms with Crippen molar-refractivity contribution in [1.82, 2.24) is 4.90 Å². The van der Waals surface area contributed by atoms with E-state index in [9.17, 15) is 14.7 Å². The molecule has 6 rings (SSSR count). The third kappa shape index (κ3) is 5.18. The number of hydrogen-bond donors (Lipinski definition) is 1. The number of anilines is 1. The fourth-order valence-electron chi connectivity index (χ4n) is 8.13. The summed E-state index contributed by atoms with van der Waals surface area (Å²) in [6.07, 6.45) is 1.96.